The smallest absolute Gasteiger partial charge is 0.251 e. The lowest BCUT2D eigenvalue weighted by molar-refractivity contribution is 0.0948. The average Bonchev–Trinajstić information content (AvgIpc) is 2.96. The first-order valence-corrected chi connectivity index (χ1v) is 6.19. The van der Waals surface area contributed by atoms with Crippen LogP contribution < -0.4 is 5.32 Å². The Bertz CT molecular complexity index is 430. The minimum Gasteiger partial charge on any atom is -0.349 e. The molecule has 0 aromatic heterocycles. The number of hydrogen-bond acceptors (Lipinski definition) is 1. The van der Waals surface area contributed by atoms with Gasteiger partial charge in [0.1, 0.15) is 5.82 Å². The molecule has 0 saturated heterocycles. The maximum Gasteiger partial charge on any atom is 0.251 e. The predicted molar refractivity (Wildman–Crippen MR) is 65.4 cm³/mol. The van der Waals surface area contributed by atoms with Crippen molar-refractivity contribution in [2.45, 2.75) is 39.2 Å². The number of carbonyl (C=O) groups excluding carboxylic acids is 1. The number of amides is 1. The van der Waals surface area contributed by atoms with Crippen molar-refractivity contribution < 1.29 is 9.18 Å². The van der Waals surface area contributed by atoms with E-state index in [1.54, 1.807) is 13.0 Å². The molecule has 1 amide bonds. The van der Waals surface area contributed by atoms with Crippen LogP contribution in [-0.2, 0) is 0 Å². The van der Waals surface area contributed by atoms with Gasteiger partial charge in [0.15, 0.2) is 0 Å². The highest BCUT2D eigenvalue weighted by Gasteiger charge is 2.37. The van der Waals surface area contributed by atoms with Crippen molar-refractivity contribution in [3.63, 3.8) is 0 Å². The highest BCUT2D eigenvalue weighted by molar-refractivity contribution is 5.95. The van der Waals surface area contributed by atoms with Crippen LogP contribution in [0.4, 0.5) is 4.39 Å². The summed E-state index contributed by atoms with van der Waals surface area (Å²) in [7, 11) is 0. The largest absolute Gasteiger partial charge is 0.349 e. The Balaban J connectivity index is 1.96. The van der Waals surface area contributed by atoms with E-state index in [2.05, 4.69) is 12.2 Å². The number of aryl methyl sites for hydroxylation is 1. The Morgan fingerprint density at radius 1 is 1.53 bits per heavy atom. The van der Waals surface area contributed by atoms with Crippen molar-refractivity contribution >= 4 is 5.91 Å². The minimum atomic E-state index is -0.297. The molecule has 1 fully saturated rings. The van der Waals surface area contributed by atoms with Gasteiger partial charge in [-0.05, 0) is 49.4 Å². The fourth-order valence-electron chi connectivity index (χ4n) is 2.24. The highest BCUT2D eigenvalue weighted by Crippen LogP contribution is 2.34. The van der Waals surface area contributed by atoms with E-state index in [4.69, 9.17) is 0 Å². The number of halogens is 1. The van der Waals surface area contributed by atoms with Crippen molar-refractivity contribution in [2.24, 2.45) is 5.92 Å². The fourth-order valence-corrected chi connectivity index (χ4v) is 2.24. The third-order valence-electron chi connectivity index (χ3n) is 3.33. The molecule has 0 spiro atoms. The third kappa shape index (κ3) is 2.84. The summed E-state index contributed by atoms with van der Waals surface area (Å²) < 4.78 is 12.9. The van der Waals surface area contributed by atoms with E-state index in [0.29, 0.717) is 23.1 Å². The van der Waals surface area contributed by atoms with E-state index in [1.807, 2.05) is 0 Å². The number of hydrogen-bond donors (Lipinski definition) is 1. The molecule has 1 N–H and O–H groups in total. The van der Waals surface area contributed by atoms with Crippen molar-refractivity contribution in [3.8, 4) is 0 Å². The molecule has 17 heavy (non-hydrogen) atoms. The molecule has 1 aromatic rings. The van der Waals surface area contributed by atoms with Crippen molar-refractivity contribution in [1.82, 2.24) is 5.32 Å². The Kier molecular flexibility index (Phi) is 3.46. The summed E-state index contributed by atoms with van der Waals surface area (Å²) in [5, 5.41) is 3.00. The molecule has 0 heterocycles. The zero-order valence-corrected chi connectivity index (χ0v) is 10.3. The molecule has 0 aliphatic heterocycles. The summed E-state index contributed by atoms with van der Waals surface area (Å²) in [5.74, 6) is 0.269. The predicted octanol–water partition coefficient (Wildman–Crippen LogP) is 3.05. The number of benzene rings is 1. The van der Waals surface area contributed by atoms with Gasteiger partial charge in [0.05, 0.1) is 0 Å². The standard InChI is InChI=1S/C14H18FNO/c1-3-4-10-8-13(10)16-14(17)12-6-5-11(15)7-9(12)2/h5-7,10,13H,3-4,8H2,1-2H3,(H,16,17). The van der Waals surface area contributed by atoms with E-state index in [-0.39, 0.29) is 11.7 Å². The van der Waals surface area contributed by atoms with Gasteiger partial charge in [-0.3, -0.25) is 4.79 Å². The molecule has 0 bridgehead atoms. The first kappa shape index (κ1) is 12.1. The van der Waals surface area contributed by atoms with Gasteiger partial charge >= 0.3 is 0 Å². The lowest BCUT2D eigenvalue weighted by Gasteiger charge is -2.07. The van der Waals surface area contributed by atoms with Crippen LogP contribution in [0.2, 0.25) is 0 Å². The number of carbonyl (C=O) groups is 1. The van der Waals surface area contributed by atoms with Crippen LogP contribution in [0.5, 0.6) is 0 Å². The average molecular weight is 235 g/mol. The van der Waals surface area contributed by atoms with E-state index >= 15 is 0 Å². The van der Waals surface area contributed by atoms with Crippen LogP contribution in [0.15, 0.2) is 18.2 Å². The lowest BCUT2D eigenvalue weighted by Crippen LogP contribution is -2.27. The van der Waals surface area contributed by atoms with Gasteiger partial charge in [-0.25, -0.2) is 4.39 Å². The topological polar surface area (TPSA) is 29.1 Å². The van der Waals surface area contributed by atoms with Crippen molar-refractivity contribution in [3.05, 3.63) is 35.1 Å². The maximum atomic E-state index is 12.9. The second kappa shape index (κ2) is 4.86. The van der Waals surface area contributed by atoms with Gasteiger partial charge < -0.3 is 5.32 Å². The molecule has 2 nitrogen and oxygen atoms in total. The molecule has 2 rings (SSSR count). The van der Waals surface area contributed by atoms with Crippen LogP contribution in [0, 0.1) is 18.7 Å². The Morgan fingerprint density at radius 2 is 2.29 bits per heavy atom. The molecule has 2 atom stereocenters. The number of nitrogens with one attached hydrogen (secondary N) is 1. The van der Waals surface area contributed by atoms with Gasteiger partial charge in [-0.2, -0.15) is 0 Å². The van der Waals surface area contributed by atoms with E-state index in [1.165, 1.54) is 18.6 Å². The minimum absolute atomic E-state index is 0.0777. The summed E-state index contributed by atoms with van der Waals surface area (Å²) in [5.41, 5.74) is 1.27. The Morgan fingerprint density at radius 3 is 2.94 bits per heavy atom. The summed E-state index contributed by atoms with van der Waals surface area (Å²) >= 11 is 0. The van der Waals surface area contributed by atoms with Crippen molar-refractivity contribution in [1.29, 1.82) is 0 Å². The van der Waals surface area contributed by atoms with Gasteiger partial charge in [0.25, 0.3) is 5.91 Å². The molecular formula is C14H18FNO. The summed E-state index contributed by atoms with van der Waals surface area (Å²) in [6.07, 6.45) is 3.42. The molecule has 1 aliphatic carbocycles. The fraction of sp³-hybridized carbons (Fsp3) is 0.500. The molecule has 0 radical (unpaired) electrons. The van der Waals surface area contributed by atoms with E-state index in [0.717, 1.165) is 12.8 Å². The lowest BCUT2D eigenvalue weighted by atomic mass is 10.1. The van der Waals surface area contributed by atoms with Gasteiger partial charge in [-0.1, -0.05) is 13.3 Å². The molecule has 3 heteroatoms. The van der Waals surface area contributed by atoms with Crippen LogP contribution in [0.25, 0.3) is 0 Å². The van der Waals surface area contributed by atoms with Gasteiger partial charge in [-0.15, -0.1) is 0 Å². The molecule has 1 saturated carbocycles. The maximum absolute atomic E-state index is 12.9. The molecule has 1 aliphatic rings. The van der Waals surface area contributed by atoms with Gasteiger partial charge in [0.2, 0.25) is 0 Å². The normalized spacial score (nSPS) is 22.3. The van der Waals surface area contributed by atoms with E-state index in [9.17, 15) is 9.18 Å². The molecule has 92 valence electrons. The van der Waals surface area contributed by atoms with Gasteiger partial charge in [0, 0.05) is 11.6 Å². The van der Waals surface area contributed by atoms with Crippen molar-refractivity contribution in [2.75, 3.05) is 0 Å². The van der Waals surface area contributed by atoms with Crippen LogP contribution in [0.1, 0.15) is 42.1 Å². The second-order valence-electron chi connectivity index (χ2n) is 4.82. The first-order valence-electron chi connectivity index (χ1n) is 6.19. The van der Waals surface area contributed by atoms with Crippen LogP contribution >= 0.6 is 0 Å². The van der Waals surface area contributed by atoms with Crippen LogP contribution in [-0.4, -0.2) is 11.9 Å². The van der Waals surface area contributed by atoms with Crippen LogP contribution in [0.3, 0.4) is 0 Å². The highest BCUT2D eigenvalue weighted by atomic mass is 19.1. The second-order valence-corrected chi connectivity index (χ2v) is 4.82. The SMILES string of the molecule is CCCC1CC1NC(=O)c1ccc(F)cc1C. The Labute approximate surface area is 101 Å². The molecule has 1 aromatic carbocycles. The molecular weight excluding hydrogens is 217 g/mol. The number of rotatable bonds is 4. The zero-order valence-electron chi connectivity index (χ0n) is 10.3. The summed E-state index contributed by atoms with van der Waals surface area (Å²) in [6, 6.07) is 4.60. The summed E-state index contributed by atoms with van der Waals surface area (Å²) in [6.45, 7) is 3.91. The summed E-state index contributed by atoms with van der Waals surface area (Å²) in [4.78, 5) is 11.9. The van der Waals surface area contributed by atoms with E-state index < -0.39 is 0 Å². The third-order valence-corrected chi connectivity index (χ3v) is 3.33. The monoisotopic (exact) mass is 235 g/mol. The zero-order chi connectivity index (χ0) is 12.4. The first-order chi connectivity index (χ1) is 8.11. The quantitative estimate of drug-likeness (QED) is 0.853. The molecule has 2 unspecified atom stereocenters. The Hall–Kier alpha value is -1.38.